The number of anilines is 1. The molecule has 0 heterocycles. The molecule has 0 amide bonds. The smallest absolute Gasteiger partial charge is 0.120 e. The van der Waals surface area contributed by atoms with E-state index < -0.39 is 0 Å². The van der Waals surface area contributed by atoms with Crippen molar-refractivity contribution in [3.63, 3.8) is 0 Å². The summed E-state index contributed by atoms with van der Waals surface area (Å²) in [6.07, 6.45) is 0. The molecule has 100 valence electrons. The molecular weight excluding hydrogens is 302 g/mol. The molecule has 3 heteroatoms. The Labute approximate surface area is 122 Å². The van der Waals surface area contributed by atoms with Gasteiger partial charge in [-0.1, -0.05) is 23.8 Å². The SMILES string of the molecule is Cc1cc(C)c(NCc2cc(C)ccc2O)c(Br)c1. The molecule has 2 aromatic rings. The van der Waals surface area contributed by atoms with Crippen LogP contribution < -0.4 is 5.32 Å². The average molecular weight is 320 g/mol. The number of aryl methyl sites for hydroxylation is 3. The minimum Gasteiger partial charge on any atom is -0.508 e. The van der Waals surface area contributed by atoms with E-state index >= 15 is 0 Å². The largest absolute Gasteiger partial charge is 0.508 e. The Bertz CT molecular complexity index is 585. The van der Waals surface area contributed by atoms with Crippen molar-refractivity contribution in [2.45, 2.75) is 27.3 Å². The van der Waals surface area contributed by atoms with Gasteiger partial charge in [-0.05, 0) is 60.0 Å². The fourth-order valence-corrected chi connectivity index (χ4v) is 2.99. The van der Waals surface area contributed by atoms with Crippen molar-refractivity contribution in [3.8, 4) is 5.75 Å². The van der Waals surface area contributed by atoms with E-state index in [1.807, 2.05) is 19.1 Å². The van der Waals surface area contributed by atoms with Crippen LogP contribution in [0.5, 0.6) is 5.75 Å². The van der Waals surface area contributed by atoms with Crippen molar-refractivity contribution in [2.75, 3.05) is 5.32 Å². The van der Waals surface area contributed by atoms with Crippen molar-refractivity contribution >= 4 is 21.6 Å². The zero-order chi connectivity index (χ0) is 14.0. The Kier molecular flexibility index (Phi) is 4.15. The maximum atomic E-state index is 9.84. The Morgan fingerprint density at radius 2 is 1.79 bits per heavy atom. The number of rotatable bonds is 3. The van der Waals surface area contributed by atoms with Crippen LogP contribution in [-0.2, 0) is 6.54 Å². The molecule has 0 fully saturated rings. The molecule has 0 aromatic heterocycles. The zero-order valence-electron chi connectivity index (χ0n) is 11.4. The average Bonchev–Trinajstić information content (AvgIpc) is 2.32. The van der Waals surface area contributed by atoms with Crippen LogP contribution in [-0.4, -0.2) is 5.11 Å². The van der Waals surface area contributed by atoms with E-state index in [1.165, 1.54) is 11.1 Å². The Hall–Kier alpha value is -1.48. The molecule has 19 heavy (non-hydrogen) atoms. The van der Waals surface area contributed by atoms with Gasteiger partial charge in [0.1, 0.15) is 5.75 Å². The molecule has 0 aliphatic carbocycles. The maximum absolute atomic E-state index is 9.84. The third kappa shape index (κ3) is 3.29. The summed E-state index contributed by atoms with van der Waals surface area (Å²) >= 11 is 3.58. The number of phenols is 1. The van der Waals surface area contributed by atoms with Crippen molar-refractivity contribution in [2.24, 2.45) is 0 Å². The van der Waals surface area contributed by atoms with Gasteiger partial charge in [-0.2, -0.15) is 0 Å². The van der Waals surface area contributed by atoms with Gasteiger partial charge in [0.05, 0.1) is 5.69 Å². The van der Waals surface area contributed by atoms with Gasteiger partial charge in [-0.3, -0.25) is 0 Å². The van der Waals surface area contributed by atoms with E-state index in [0.29, 0.717) is 12.3 Å². The van der Waals surface area contributed by atoms with Crippen molar-refractivity contribution in [1.29, 1.82) is 0 Å². The van der Waals surface area contributed by atoms with Gasteiger partial charge in [0.2, 0.25) is 0 Å². The van der Waals surface area contributed by atoms with Crippen molar-refractivity contribution < 1.29 is 5.11 Å². The van der Waals surface area contributed by atoms with E-state index in [1.54, 1.807) is 6.07 Å². The van der Waals surface area contributed by atoms with Crippen LogP contribution in [0.1, 0.15) is 22.3 Å². The summed E-state index contributed by atoms with van der Waals surface area (Å²) < 4.78 is 1.05. The van der Waals surface area contributed by atoms with Gasteiger partial charge in [0, 0.05) is 16.6 Å². The molecule has 0 bridgehead atoms. The standard InChI is InChI=1S/C16H18BrNO/c1-10-4-5-15(19)13(7-10)9-18-16-12(3)6-11(2)8-14(16)17/h4-8,18-19H,9H2,1-3H3. The number of hydrogen-bond donors (Lipinski definition) is 2. The molecule has 0 spiro atoms. The highest BCUT2D eigenvalue weighted by molar-refractivity contribution is 9.10. The van der Waals surface area contributed by atoms with Gasteiger partial charge in [0.25, 0.3) is 0 Å². The van der Waals surface area contributed by atoms with Gasteiger partial charge in [-0.15, -0.1) is 0 Å². The molecule has 2 N–H and O–H groups in total. The van der Waals surface area contributed by atoms with Gasteiger partial charge < -0.3 is 10.4 Å². The summed E-state index contributed by atoms with van der Waals surface area (Å²) in [6.45, 7) is 6.79. The first kappa shape index (κ1) is 13.9. The van der Waals surface area contributed by atoms with Gasteiger partial charge in [0.15, 0.2) is 0 Å². The molecule has 0 saturated heterocycles. The second-order valence-electron chi connectivity index (χ2n) is 4.92. The lowest BCUT2D eigenvalue weighted by atomic mass is 10.1. The summed E-state index contributed by atoms with van der Waals surface area (Å²) in [7, 11) is 0. The summed E-state index contributed by atoms with van der Waals surface area (Å²) in [4.78, 5) is 0. The summed E-state index contributed by atoms with van der Waals surface area (Å²) in [5.41, 5.74) is 5.56. The summed E-state index contributed by atoms with van der Waals surface area (Å²) in [6, 6.07) is 9.88. The highest BCUT2D eigenvalue weighted by Crippen LogP contribution is 2.29. The predicted octanol–water partition coefficient (Wildman–Crippen LogP) is 4.69. The number of nitrogens with one attached hydrogen (secondary N) is 1. The molecule has 2 rings (SSSR count). The first-order chi connectivity index (χ1) is 8.97. The Morgan fingerprint density at radius 3 is 2.47 bits per heavy atom. The Morgan fingerprint density at radius 1 is 1.05 bits per heavy atom. The first-order valence-electron chi connectivity index (χ1n) is 6.26. The van der Waals surface area contributed by atoms with Crippen LogP contribution in [0.3, 0.4) is 0 Å². The molecular formula is C16H18BrNO. The second kappa shape index (κ2) is 5.66. The fourth-order valence-electron chi connectivity index (χ4n) is 2.18. The molecule has 0 aliphatic heterocycles. The summed E-state index contributed by atoms with van der Waals surface area (Å²) in [5, 5.41) is 13.2. The minimum atomic E-state index is 0.332. The van der Waals surface area contributed by atoms with Crippen molar-refractivity contribution in [3.05, 3.63) is 57.1 Å². The van der Waals surface area contributed by atoms with E-state index in [9.17, 15) is 5.11 Å². The Balaban J connectivity index is 2.21. The van der Waals surface area contributed by atoms with Crippen LogP contribution in [0.4, 0.5) is 5.69 Å². The molecule has 2 aromatic carbocycles. The van der Waals surface area contributed by atoms with Crippen LogP contribution in [0.15, 0.2) is 34.8 Å². The van der Waals surface area contributed by atoms with Crippen LogP contribution >= 0.6 is 15.9 Å². The zero-order valence-corrected chi connectivity index (χ0v) is 13.0. The topological polar surface area (TPSA) is 32.3 Å². The van der Waals surface area contributed by atoms with Crippen LogP contribution in [0.25, 0.3) is 0 Å². The molecule has 2 nitrogen and oxygen atoms in total. The summed E-state index contributed by atoms with van der Waals surface area (Å²) in [5.74, 6) is 0.332. The number of aromatic hydroxyl groups is 1. The normalized spacial score (nSPS) is 10.5. The number of phenolic OH excluding ortho intramolecular Hbond substituents is 1. The lowest BCUT2D eigenvalue weighted by Gasteiger charge is -2.14. The third-order valence-electron chi connectivity index (χ3n) is 3.12. The monoisotopic (exact) mass is 319 g/mol. The quantitative estimate of drug-likeness (QED) is 0.860. The van der Waals surface area contributed by atoms with Crippen LogP contribution in [0, 0.1) is 20.8 Å². The van der Waals surface area contributed by atoms with Gasteiger partial charge >= 0.3 is 0 Å². The fraction of sp³-hybridized carbons (Fsp3) is 0.250. The molecule has 0 atom stereocenters. The van der Waals surface area contributed by atoms with Gasteiger partial charge in [-0.25, -0.2) is 0 Å². The van der Waals surface area contributed by atoms with E-state index in [0.717, 1.165) is 21.3 Å². The molecule has 0 radical (unpaired) electrons. The number of benzene rings is 2. The van der Waals surface area contributed by atoms with E-state index in [2.05, 4.69) is 47.2 Å². The number of halogens is 1. The molecule has 0 saturated carbocycles. The van der Waals surface area contributed by atoms with Crippen molar-refractivity contribution in [1.82, 2.24) is 0 Å². The lowest BCUT2D eigenvalue weighted by molar-refractivity contribution is 0.469. The molecule has 0 aliphatic rings. The second-order valence-corrected chi connectivity index (χ2v) is 5.78. The number of hydrogen-bond acceptors (Lipinski definition) is 2. The third-order valence-corrected chi connectivity index (χ3v) is 3.75. The molecule has 0 unspecified atom stereocenters. The first-order valence-corrected chi connectivity index (χ1v) is 7.06. The minimum absolute atomic E-state index is 0.332. The highest BCUT2D eigenvalue weighted by Gasteiger charge is 2.06. The maximum Gasteiger partial charge on any atom is 0.120 e. The van der Waals surface area contributed by atoms with E-state index in [-0.39, 0.29) is 0 Å². The highest BCUT2D eigenvalue weighted by atomic mass is 79.9. The van der Waals surface area contributed by atoms with Crippen LogP contribution in [0.2, 0.25) is 0 Å². The predicted molar refractivity (Wildman–Crippen MR) is 83.8 cm³/mol. The lowest BCUT2D eigenvalue weighted by Crippen LogP contribution is -2.03. The van der Waals surface area contributed by atoms with E-state index in [4.69, 9.17) is 0 Å².